The van der Waals surface area contributed by atoms with Crippen LogP contribution in [-0.2, 0) is 6.54 Å². The molecule has 2 aromatic carbocycles. The van der Waals surface area contributed by atoms with Crippen molar-refractivity contribution >= 4 is 5.69 Å². The average molecular weight is 281 g/mol. The van der Waals surface area contributed by atoms with Gasteiger partial charge in [0.2, 0.25) is 0 Å². The number of hydrogen-bond acceptors (Lipinski definition) is 2. The van der Waals surface area contributed by atoms with Gasteiger partial charge < -0.3 is 5.73 Å². The quantitative estimate of drug-likeness (QED) is 0.796. The number of anilines is 1. The first kappa shape index (κ1) is 13.4. The Morgan fingerprint density at radius 1 is 1.05 bits per heavy atom. The van der Waals surface area contributed by atoms with Gasteiger partial charge in [0.1, 0.15) is 11.5 Å². The molecule has 0 aliphatic carbocycles. The number of halogens is 1. The van der Waals surface area contributed by atoms with Gasteiger partial charge in [0.05, 0.1) is 12.2 Å². The number of benzene rings is 2. The summed E-state index contributed by atoms with van der Waals surface area (Å²) in [7, 11) is 0. The Bertz CT molecular complexity index is 743. The summed E-state index contributed by atoms with van der Waals surface area (Å²) in [6, 6.07) is 14.5. The standard InChI is InChI=1S/C17H16FN3/c1-12-2-4-13(5-3-12)10-21-11-16(19)17(20-21)14-6-8-15(18)9-7-14/h2-9,11H,10,19H2,1H3. The lowest BCUT2D eigenvalue weighted by molar-refractivity contribution is 0.628. The molecule has 0 amide bonds. The van der Waals surface area contributed by atoms with Gasteiger partial charge in [-0.05, 0) is 36.8 Å². The van der Waals surface area contributed by atoms with Crippen molar-refractivity contribution in [2.24, 2.45) is 0 Å². The fourth-order valence-electron chi connectivity index (χ4n) is 2.23. The van der Waals surface area contributed by atoms with Crippen molar-refractivity contribution in [3.8, 4) is 11.3 Å². The van der Waals surface area contributed by atoms with Crippen LogP contribution in [0.25, 0.3) is 11.3 Å². The van der Waals surface area contributed by atoms with Crippen LogP contribution in [-0.4, -0.2) is 9.78 Å². The SMILES string of the molecule is Cc1ccc(Cn2cc(N)c(-c3ccc(F)cc3)n2)cc1. The number of aromatic nitrogens is 2. The highest BCUT2D eigenvalue weighted by Gasteiger charge is 2.09. The third-order valence-corrected chi connectivity index (χ3v) is 3.37. The second-order valence-electron chi connectivity index (χ2n) is 5.12. The summed E-state index contributed by atoms with van der Waals surface area (Å²) in [5.41, 5.74) is 10.5. The predicted molar refractivity (Wildman–Crippen MR) is 82.3 cm³/mol. The van der Waals surface area contributed by atoms with Crippen LogP contribution in [0.2, 0.25) is 0 Å². The van der Waals surface area contributed by atoms with Gasteiger partial charge >= 0.3 is 0 Å². The van der Waals surface area contributed by atoms with Crippen molar-refractivity contribution in [2.45, 2.75) is 13.5 Å². The first-order valence-electron chi connectivity index (χ1n) is 6.76. The largest absolute Gasteiger partial charge is 0.396 e. The summed E-state index contributed by atoms with van der Waals surface area (Å²) in [6.07, 6.45) is 1.80. The van der Waals surface area contributed by atoms with Crippen molar-refractivity contribution in [3.05, 3.63) is 71.7 Å². The highest BCUT2D eigenvalue weighted by molar-refractivity contribution is 5.71. The lowest BCUT2D eigenvalue weighted by atomic mass is 10.1. The predicted octanol–water partition coefficient (Wildman–Crippen LogP) is 3.63. The number of rotatable bonds is 3. The van der Waals surface area contributed by atoms with Gasteiger partial charge in [-0.3, -0.25) is 4.68 Å². The molecule has 0 aliphatic rings. The normalized spacial score (nSPS) is 10.8. The molecule has 1 aromatic heterocycles. The first-order valence-corrected chi connectivity index (χ1v) is 6.76. The molecule has 2 N–H and O–H groups in total. The molecule has 0 fully saturated rings. The minimum atomic E-state index is -0.267. The minimum Gasteiger partial charge on any atom is -0.396 e. The Labute approximate surface area is 122 Å². The lowest BCUT2D eigenvalue weighted by Crippen LogP contribution is -2.00. The third kappa shape index (κ3) is 2.94. The molecule has 21 heavy (non-hydrogen) atoms. The van der Waals surface area contributed by atoms with Gasteiger partial charge in [0.15, 0.2) is 0 Å². The maximum absolute atomic E-state index is 13.0. The van der Waals surface area contributed by atoms with Crippen molar-refractivity contribution < 1.29 is 4.39 Å². The molecule has 3 nitrogen and oxygen atoms in total. The smallest absolute Gasteiger partial charge is 0.123 e. The van der Waals surface area contributed by atoms with E-state index in [0.717, 1.165) is 11.1 Å². The van der Waals surface area contributed by atoms with Crippen molar-refractivity contribution in [1.82, 2.24) is 9.78 Å². The van der Waals surface area contributed by atoms with Gasteiger partial charge in [0, 0.05) is 11.8 Å². The van der Waals surface area contributed by atoms with E-state index in [4.69, 9.17) is 5.73 Å². The summed E-state index contributed by atoms with van der Waals surface area (Å²) in [5.74, 6) is -0.267. The second kappa shape index (κ2) is 5.40. The fourth-order valence-corrected chi connectivity index (χ4v) is 2.23. The van der Waals surface area contributed by atoms with Crippen LogP contribution in [0, 0.1) is 12.7 Å². The number of nitrogens with two attached hydrogens (primary N) is 1. The molecule has 0 atom stereocenters. The van der Waals surface area contributed by atoms with Crippen LogP contribution in [0.15, 0.2) is 54.7 Å². The Kier molecular flexibility index (Phi) is 3.44. The van der Waals surface area contributed by atoms with Crippen LogP contribution in [0.1, 0.15) is 11.1 Å². The van der Waals surface area contributed by atoms with E-state index >= 15 is 0 Å². The van der Waals surface area contributed by atoms with Crippen LogP contribution in [0.5, 0.6) is 0 Å². The molecule has 0 spiro atoms. The monoisotopic (exact) mass is 281 g/mol. The topological polar surface area (TPSA) is 43.8 Å². The molecule has 0 radical (unpaired) electrons. The molecule has 0 saturated heterocycles. The van der Waals surface area contributed by atoms with Gasteiger partial charge in [-0.2, -0.15) is 5.10 Å². The molecule has 4 heteroatoms. The van der Waals surface area contributed by atoms with Crippen LogP contribution in [0.3, 0.4) is 0 Å². The molecular weight excluding hydrogens is 265 g/mol. The Balaban J connectivity index is 1.87. The fraction of sp³-hybridized carbons (Fsp3) is 0.118. The number of hydrogen-bond donors (Lipinski definition) is 1. The Morgan fingerprint density at radius 3 is 2.38 bits per heavy atom. The van der Waals surface area contributed by atoms with E-state index in [0.29, 0.717) is 17.9 Å². The van der Waals surface area contributed by atoms with Crippen LogP contribution in [0.4, 0.5) is 10.1 Å². The first-order chi connectivity index (χ1) is 10.1. The van der Waals surface area contributed by atoms with Crippen molar-refractivity contribution in [1.29, 1.82) is 0 Å². The molecule has 1 heterocycles. The van der Waals surface area contributed by atoms with E-state index in [9.17, 15) is 4.39 Å². The maximum atomic E-state index is 13.0. The van der Waals surface area contributed by atoms with Gasteiger partial charge in [-0.15, -0.1) is 0 Å². The van der Waals surface area contributed by atoms with Crippen LogP contribution < -0.4 is 5.73 Å². The molecular formula is C17H16FN3. The zero-order valence-corrected chi connectivity index (χ0v) is 11.8. The third-order valence-electron chi connectivity index (χ3n) is 3.37. The van der Waals surface area contributed by atoms with Gasteiger partial charge in [0.25, 0.3) is 0 Å². The van der Waals surface area contributed by atoms with Gasteiger partial charge in [-0.25, -0.2) is 4.39 Å². The molecule has 0 saturated carbocycles. The Hall–Kier alpha value is -2.62. The number of nitrogens with zero attached hydrogens (tertiary/aromatic N) is 2. The summed E-state index contributed by atoms with van der Waals surface area (Å²) in [4.78, 5) is 0. The van der Waals surface area contributed by atoms with E-state index in [1.165, 1.54) is 17.7 Å². The lowest BCUT2D eigenvalue weighted by Gasteiger charge is -2.02. The summed E-state index contributed by atoms with van der Waals surface area (Å²) in [5, 5.41) is 4.50. The molecule has 0 unspecified atom stereocenters. The van der Waals surface area contributed by atoms with Gasteiger partial charge in [-0.1, -0.05) is 29.8 Å². The molecule has 0 aliphatic heterocycles. The van der Waals surface area contributed by atoms with E-state index in [2.05, 4.69) is 36.3 Å². The average Bonchev–Trinajstić information content (AvgIpc) is 2.83. The van der Waals surface area contributed by atoms with E-state index in [1.807, 2.05) is 0 Å². The highest BCUT2D eigenvalue weighted by atomic mass is 19.1. The second-order valence-corrected chi connectivity index (χ2v) is 5.12. The molecule has 0 bridgehead atoms. The molecule has 106 valence electrons. The number of nitrogen functional groups attached to an aromatic ring is 1. The summed E-state index contributed by atoms with van der Waals surface area (Å²) in [6.45, 7) is 2.72. The summed E-state index contributed by atoms with van der Waals surface area (Å²) >= 11 is 0. The van der Waals surface area contributed by atoms with E-state index in [-0.39, 0.29) is 5.82 Å². The van der Waals surface area contributed by atoms with Crippen molar-refractivity contribution in [2.75, 3.05) is 5.73 Å². The van der Waals surface area contributed by atoms with E-state index in [1.54, 1.807) is 23.0 Å². The molecule has 3 aromatic rings. The van der Waals surface area contributed by atoms with Crippen molar-refractivity contribution in [3.63, 3.8) is 0 Å². The minimum absolute atomic E-state index is 0.267. The molecule has 3 rings (SSSR count). The Morgan fingerprint density at radius 2 is 1.71 bits per heavy atom. The zero-order chi connectivity index (χ0) is 14.8. The zero-order valence-electron chi connectivity index (χ0n) is 11.8. The maximum Gasteiger partial charge on any atom is 0.123 e. The summed E-state index contributed by atoms with van der Waals surface area (Å²) < 4.78 is 14.8. The van der Waals surface area contributed by atoms with E-state index < -0.39 is 0 Å². The number of aryl methyl sites for hydroxylation is 1. The van der Waals surface area contributed by atoms with Crippen LogP contribution >= 0.6 is 0 Å². The highest BCUT2D eigenvalue weighted by Crippen LogP contribution is 2.24.